The molecular formula is C18H24N2O3. The van der Waals surface area contributed by atoms with Gasteiger partial charge >= 0.3 is 6.09 Å². The zero-order chi connectivity index (χ0) is 16.6. The quantitative estimate of drug-likeness (QED) is 0.942. The summed E-state index contributed by atoms with van der Waals surface area (Å²) in [6.07, 6.45) is -0.236. The van der Waals surface area contributed by atoms with Crippen LogP contribution in [0.3, 0.4) is 0 Å². The first-order chi connectivity index (χ1) is 10.8. The summed E-state index contributed by atoms with van der Waals surface area (Å²) in [5, 5.41) is 4.65. The zero-order valence-corrected chi connectivity index (χ0v) is 14.2. The number of amides is 1. The number of aryl methyl sites for hydroxylation is 1. The van der Waals surface area contributed by atoms with E-state index in [4.69, 9.17) is 9.15 Å². The second kappa shape index (κ2) is 5.89. The molecule has 0 spiro atoms. The van der Waals surface area contributed by atoms with Gasteiger partial charge in [-0.1, -0.05) is 18.2 Å². The van der Waals surface area contributed by atoms with Crippen LogP contribution in [0.5, 0.6) is 0 Å². The first-order valence-corrected chi connectivity index (χ1v) is 8.02. The molecule has 3 rings (SSSR count). The van der Waals surface area contributed by atoms with Crippen molar-refractivity contribution in [3.8, 4) is 0 Å². The molecule has 2 heterocycles. The van der Waals surface area contributed by atoms with Crippen LogP contribution in [0.4, 0.5) is 4.79 Å². The van der Waals surface area contributed by atoms with Crippen molar-refractivity contribution in [2.45, 2.75) is 45.9 Å². The maximum absolute atomic E-state index is 11.9. The molecule has 1 aliphatic heterocycles. The second-order valence-corrected chi connectivity index (χ2v) is 7.10. The number of carbonyl (C=O) groups is 1. The van der Waals surface area contributed by atoms with Gasteiger partial charge in [0.1, 0.15) is 16.9 Å². The van der Waals surface area contributed by atoms with Crippen molar-refractivity contribution in [3.05, 3.63) is 35.6 Å². The fourth-order valence-corrected chi connectivity index (χ4v) is 2.77. The Labute approximate surface area is 136 Å². The Balaban J connectivity index is 1.53. The van der Waals surface area contributed by atoms with Gasteiger partial charge in [0, 0.05) is 36.6 Å². The minimum atomic E-state index is -0.442. The summed E-state index contributed by atoms with van der Waals surface area (Å²) in [5.74, 6) is 0.946. The number of rotatable bonds is 3. The number of nitrogens with one attached hydrogen (secondary N) is 1. The van der Waals surface area contributed by atoms with Gasteiger partial charge in [-0.3, -0.25) is 0 Å². The van der Waals surface area contributed by atoms with Crippen molar-refractivity contribution in [2.75, 3.05) is 13.1 Å². The lowest BCUT2D eigenvalue weighted by atomic mass is 10.1. The van der Waals surface area contributed by atoms with E-state index in [2.05, 4.69) is 11.4 Å². The van der Waals surface area contributed by atoms with Crippen LogP contribution in [0.25, 0.3) is 11.0 Å². The summed E-state index contributed by atoms with van der Waals surface area (Å²) in [6.45, 7) is 9.75. The fraction of sp³-hybridized carbons (Fsp3) is 0.500. The van der Waals surface area contributed by atoms with Gasteiger partial charge in [0.25, 0.3) is 0 Å². The molecule has 0 radical (unpaired) electrons. The maximum Gasteiger partial charge on any atom is 0.410 e. The lowest BCUT2D eigenvalue weighted by Crippen LogP contribution is -2.60. The Bertz CT molecular complexity index is 709. The molecule has 1 amide bonds. The lowest BCUT2D eigenvalue weighted by molar-refractivity contribution is 0.00518. The molecule has 2 aromatic rings. The maximum atomic E-state index is 11.9. The van der Waals surface area contributed by atoms with Gasteiger partial charge in [-0.15, -0.1) is 0 Å². The van der Waals surface area contributed by atoms with Crippen LogP contribution in [-0.2, 0) is 11.3 Å². The third kappa shape index (κ3) is 3.50. The molecule has 1 fully saturated rings. The predicted molar refractivity (Wildman–Crippen MR) is 89.4 cm³/mol. The van der Waals surface area contributed by atoms with Gasteiger partial charge in [0.05, 0.1) is 0 Å². The molecule has 1 N–H and O–H groups in total. The van der Waals surface area contributed by atoms with Gasteiger partial charge in [0.2, 0.25) is 0 Å². The molecule has 0 unspecified atom stereocenters. The summed E-state index contributed by atoms with van der Waals surface area (Å²) in [7, 11) is 0. The van der Waals surface area contributed by atoms with E-state index in [0.29, 0.717) is 19.1 Å². The Morgan fingerprint density at radius 2 is 2.04 bits per heavy atom. The van der Waals surface area contributed by atoms with Crippen molar-refractivity contribution >= 4 is 17.1 Å². The topological polar surface area (TPSA) is 54.7 Å². The van der Waals surface area contributed by atoms with E-state index in [1.54, 1.807) is 4.90 Å². The van der Waals surface area contributed by atoms with Gasteiger partial charge < -0.3 is 19.4 Å². The van der Waals surface area contributed by atoms with E-state index in [-0.39, 0.29) is 6.09 Å². The lowest BCUT2D eigenvalue weighted by Gasteiger charge is -2.40. The molecule has 124 valence electrons. The highest BCUT2D eigenvalue weighted by Crippen LogP contribution is 2.25. The standard InChI is InChI=1S/C18H24N2O3/c1-12-15(14-7-5-6-8-16(14)22-12)9-19-13-10-20(11-13)17(21)23-18(2,3)4/h5-8,13,19H,9-11H2,1-4H3. The molecule has 0 aliphatic carbocycles. The molecule has 0 atom stereocenters. The molecular weight excluding hydrogens is 292 g/mol. The number of hydrogen-bond donors (Lipinski definition) is 1. The van der Waals surface area contributed by atoms with Crippen molar-refractivity contribution in [3.63, 3.8) is 0 Å². The second-order valence-electron chi connectivity index (χ2n) is 7.10. The highest BCUT2D eigenvalue weighted by atomic mass is 16.6. The van der Waals surface area contributed by atoms with Gasteiger partial charge in [0.15, 0.2) is 0 Å². The average molecular weight is 316 g/mol. The summed E-state index contributed by atoms with van der Waals surface area (Å²) in [6, 6.07) is 8.37. The minimum absolute atomic E-state index is 0.236. The summed E-state index contributed by atoms with van der Waals surface area (Å²) < 4.78 is 11.1. The van der Waals surface area contributed by atoms with Crippen LogP contribution >= 0.6 is 0 Å². The van der Waals surface area contributed by atoms with Crippen molar-refractivity contribution in [1.82, 2.24) is 10.2 Å². The zero-order valence-electron chi connectivity index (χ0n) is 14.2. The summed E-state index contributed by atoms with van der Waals surface area (Å²) in [4.78, 5) is 13.6. The molecule has 1 aromatic carbocycles. The Morgan fingerprint density at radius 3 is 2.74 bits per heavy atom. The minimum Gasteiger partial charge on any atom is -0.461 e. The van der Waals surface area contributed by atoms with Gasteiger partial charge in [-0.2, -0.15) is 0 Å². The third-order valence-electron chi connectivity index (χ3n) is 4.00. The Kier molecular flexibility index (Phi) is 4.06. The van der Waals surface area contributed by atoms with Gasteiger partial charge in [-0.25, -0.2) is 4.79 Å². The molecule has 0 bridgehead atoms. The van der Waals surface area contributed by atoms with Crippen LogP contribution in [0.15, 0.2) is 28.7 Å². The normalized spacial score (nSPS) is 15.7. The van der Waals surface area contributed by atoms with E-state index in [0.717, 1.165) is 23.3 Å². The van der Waals surface area contributed by atoms with E-state index in [1.165, 1.54) is 5.56 Å². The van der Waals surface area contributed by atoms with E-state index in [1.807, 2.05) is 45.9 Å². The highest BCUT2D eigenvalue weighted by Gasteiger charge is 2.33. The van der Waals surface area contributed by atoms with Crippen LogP contribution in [0.1, 0.15) is 32.1 Å². The monoisotopic (exact) mass is 316 g/mol. The summed E-state index contributed by atoms with van der Waals surface area (Å²) in [5.41, 5.74) is 1.67. The Hall–Kier alpha value is -2.01. The Morgan fingerprint density at radius 1 is 1.35 bits per heavy atom. The SMILES string of the molecule is Cc1oc2ccccc2c1CNC1CN(C(=O)OC(C)(C)C)C1. The average Bonchev–Trinajstić information content (AvgIpc) is 2.71. The number of fused-ring (bicyclic) bond motifs is 1. The van der Waals surface area contributed by atoms with Gasteiger partial charge in [-0.05, 0) is 33.8 Å². The first-order valence-electron chi connectivity index (χ1n) is 8.02. The first kappa shape index (κ1) is 15.9. The van der Waals surface area contributed by atoms with Crippen LogP contribution in [-0.4, -0.2) is 35.7 Å². The molecule has 23 heavy (non-hydrogen) atoms. The van der Waals surface area contributed by atoms with Crippen LogP contribution < -0.4 is 5.32 Å². The predicted octanol–water partition coefficient (Wildman–Crippen LogP) is 3.45. The number of para-hydroxylation sites is 1. The number of furan rings is 1. The number of hydrogen-bond acceptors (Lipinski definition) is 4. The number of benzene rings is 1. The molecule has 5 heteroatoms. The fourth-order valence-electron chi connectivity index (χ4n) is 2.77. The van der Waals surface area contributed by atoms with E-state index < -0.39 is 5.60 Å². The van der Waals surface area contributed by atoms with Crippen LogP contribution in [0.2, 0.25) is 0 Å². The van der Waals surface area contributed by atoms with E-state index >= 15 is 0 Å². The summed E-state index contributed by atoms with van der Waals surface area (Å²) >= 11 is 0. The molecule has 5 nitrogen and oxygen atoms in total. The van der Waals surface area contributed by atoms with Crippen molar-refractivity contribution < 1.29 is 13.9 Å². The largest absolute Gasteiger partial charge is 0.461 e. The van der Waals surface area contributed by atoms with Crippen molar-refractivity contribution in [1.29, 1.82) is 0 Å². The van der Waals surface area contributed by atoms with E-state index in [9.17, 15) is 4.79 Å². The molecule has 1 aromatic heterocycles. The number of likely N-dealkylation sites (tertiary alicyclic amines) is 1. The number of nitrogens with zero attached hydrogens (tertiary/aromatic N) is 1. The third-order valence-corrected chi connectivity index (χ3v) is 4.00. The van der Waals surface area contributed by atoms with Crippen LogP contribution in [0, 0.1) is 6.92 Å². The number of carbonyl (C=O) groups excluding carboxylic acids is 1. The molecule has 1 aliphatic rings. The highest BCUT2D eigenvalue weighted by molar-refractivity contribution is 5.82. The smallest absolute Gasteiger partial charge is 0.410 e. The molecule has 0 saturated carbocycles. The molecule has 1 saturated heterocycles. The number of ether oxygens (including phenoxy) is 1. The van der Waals surface area contributed by atoms with Crippen molar-refractivity contribution in [2.24, 2.45) is 0 Å².